The minimum Gasteiger partial charge on any atom is -0.373 e. The van der Waals surface area contributed by atoms with Crippen LogP contribution in [-0.2, 0) is 4.74 Å². The lowest BCUT2D eigenvalue weighted by molar-refractivity contribution is -0.0297. The second kappa shape index (κ2) is 5.90. The fourth-order valence-electron chi connectivity index (χ4n) is 2.73. The summed E-state index contributed by atoms with van der Waals surface area (Å²) in [5.41, 5.74) is 0.691. The van der Waals surface area contributed by atoms with Gasteiger partial charge in [-0.15, -0.1) is 0 Å². The maximum absolute atomic E-state index is 14.0. The third-order valence-corrected chi connectivity index (χ3v) is 4.45. The van der Waals surface area contributed by atoms with Crippen LogP contribution < -0.4 is 5.32 Å². The van der Waals surface area contributed by atoms with E-state index in [0.717, 1.165) is 30.5 Å². The van der Waals surface area contributed by atoms with Gasteiger partial charge >= 0.3 is 0 Å². The largest absolute Gasteiger partial charge is 0.373 e. The van der Waals surface area contributed by atoms with E-state index >= 15 is 0 Å². The smallest absolute Gasteiger partial charge is 0.129 e. The molecule has 1 aliphatic heterocycles. The molecule has 1 aromatic carbocycles. The van der Waals surface area contributed by atoms with E-state index in [4.69, 9.17) is 4.74 Å². The average molecular weight is 328 g/mol. The highest BCUT2D eigenvalue weighted by molar-refractivity contribution is 9.10. The zero-order chi connectivity index (χ0) is 13.2. The Morgan fingerprint density at radius 3 is 2.95 bits per heavy atom. The van der Waals surface area contributed by atoms with Crippen molar-refractivity contribution in [3.05, 3.63) is 34.1 Å². The molecular weight excluding hydrogens is 309 g/mol. The molecule has 1 heterocycles. The molecule has 0 bridgehead atoms. The topological polar surface area (TPSA) is 21.3 Å². The summed E-state index contributed by atoms with van der Waals surface area (Å²) in [6.45, 7) is 1.66. The Morgan fingerprint density at radius 2 is 2.16 bits per heavy atom. The molecule has 4 heteroatoms. The molecular formula is C15H19BrFNO. The highest BCUT2D eigenvalue weighted by Crippen LogP contribution is 2.36. The number of hydrogen-bond donors (Lipinski definition) is 1. The van der Waals surface area contributed by atoms with Gasteiger partial charge in [0.2, 0.25) is 0 Å². The van der Waals surface area contributed by atoms with Gasteiger partial charge in [-0.1, -0.05) is 15.9 Å². The van der Waals surface area contributed by atoms with Crippen LogP contribution in [0.3, 0.4) is 0 Å². The van der Waals surface area contributed by atoms with Crippen LogP contribution in [0.4, 0.5) is 4.39 Å². The van der Waals surface area contributed by atoms with Gasteiger partial charge in [0.15, 0.2) is 0 Å². The molecule has 2 atom stereocenters. The Kier molecular flexibility index (Phi) is 4.20. The van der Waals surface area contributed by atoms with Gasteiger partial charge < -0.3 is 10.1 Å². The van der Waals surface area contributed by atoms with Gasteiger partial charge in [0, 0.05) is 35.1 Å². The molecule has 3 rings (SSSR count). The molecule has 1 aromatic rings. The molecule has 1 aliphatic carbocycles. The van der Waals surface area contributed by atoms with Crippen molar-refractivity contribution in [3.8, 4) is 0 Å². The molecule has 2 nitrogen and oxygen atoms in total. The van der Waals surface area contributed by atoms with Crippen molar-refractivity contribution in [1.82, 2.24) is 5.32 Å². The minimum absolute atomic E-state index is 0.113. The quantitative estimate of drug-likeness (QED) is 0.908. The summed E-state index contributed by atoms with van der Waals surface area (Å²) >= 11 is 3.42. The molecule has 0 spiro atoms. The summed E-state index contributed by atoms with van der Waals surface area (Å²) in [5, 5.41) is 3.55. The van der Waals surface area contributed by atoms with E-state index in [9.17, 15) is 4.39 Å². The van der Waals surface area contributed by atoms with Gasteiger partial charge in [-0.25, -0.2) is 4.39 Å². The standard InChI is InChI=1S/C15H19BrFNO/c16-11-3-6-14(17)13(8-11)15-10(2-1-7-19-15)9-18-12-4-5-12/h3,6,8,10,12,15,18H,1-2,4-5,7,9H2. The second-order valence-electron chi connectivity index (χ2n) is 5.54. The number of benzene rings is 1. The Balaban J connectivity index is 1.75. The fraction of sp³-hybridized carbons (Fsp3) is 0.600. The lowest BCUT2D eigenvalue weighted by Gasteiger charge is -2.32. The number of hydrogen-bond acceptors (Lipinski definition) is 2. The van der Waals surface area contributed by atoms with E-state index < -0.39 is 0 Å². The van der Waals surface area contributed by atoms with E-state index in [-0.39, 0.29) is 11.9 Å². The first-order chi connectivity index (χ1) is 9.24. The van der Waals surface area contributed by atoms with Gasteiger partial charge in [-0.05, 0) is 43.9 Å². The maximum Gasteiger partial charge on any atom is 0.129 e. The van der Waals surface area contributed by atoms with Crippen LogP contribution in [-0.4, -0.2) is 19.2 Å². The van der Waals surface area contributed by atoms with Crippen molar-refractivity contribution in [3.63, 3.8) is 0 Å². The Hall–Kier alpha value is -0.450. The average Bonchev–Trinajstić information content (AvgIpc) is 3.24. The maximum atomic E-state index is 14.0. The summed E-state index contributed by atoms with van der Waals surface area (Å²) in [5.74, 6) is 0.213. The molecule has 1 N–H and O–H groups in total. The van der Waals surface area contributed by atoms with Gasteiger partial charge in [0.05, 0.1) is 6.10 Å². The van der Waals surface area contributed by atoms with Gasteiger partial charge in [0.25, 0.3) is 0 Å². The predicted octanol–water partition coefficient (Wildman–Crippen LogP) is 3.81. The molecule has 2 unspecified atom stereocenters. The third kappa shape index (κ3) is 3.36. The highest BCUT2D eigenvalue weighted by atomic mass is 79.9. The number of halogens is 2. The van der Waals surface area contributed by atoms with Crippen LogP contribution in [0, 0.1) is 11.7 Å². The van der Waals surface area contributed by atoms with Crippen LogP contribution in [0.5, 0.6) is 0 Å². The van der Waals surface area contributed by atoms with Crippen LogP contribution >= 0.6 is 15.9 Å². The molecule has 0 aromatic heterocycles. The van der Waals surface area contributed by atoms with Crippen LogP contribution in [0.2, 0.25) is 0 Å². The van der Waals surface area contributed by atoms with Crippen molar-refractivity contribution >= 4 is 15.9 Å². The molecule has 1 saturated carbocycles. The van der Waals surface area contributed by atoms with Crippen LogP contribution in [0.1, 0.15) is 37.4 Å². The molecule has 0 amide bonds. The molecule has 2 aliphatic rings. The molecule has 104 valence electrons. The first kappa shape index (κ1) is 13.5. The van der Waals surface area contributed by atoms with E-state index in [2.05, 4.69) is 21.2 Å². The lowest BCUT2D eigenvalue weighted by atomic mass is 9.89. The van der Waals surface area contributed by atoms with E-state index in [0.29, 0.717) is 17.5 Å². The summed E-state index contributed by atoms with van der Waals surface area (Å²) < 4.78 is 20.8. The van der Waals surface area contributed by atoms with Crippen LogP contribution in [0.15, 0.2) is 22.7 Å². The summed E-state index contributed by atoms with van der Waals surface area (Å²) in [6.07, 6.45) is 4.63. The van der Waals surface area contributed by atoms with Crippen molar-refractivity contribution in [2.24, 2.45) is 5.92 Å². The summed E-state index contributed by atoms with van der Waals surface area (Å²) in [7, 11) is 0. The van der Waals surface area contributed by atoms with Crippen molar-refractivity contribution < 1.29 is 9.13 Å². The first-order valence-corrected chi connectivity index (χ1v) is 7.83. The number of nitrogens with one attached hydrogen (secondary N) is 1. The van der Waals surface area contributed by atoms with Crippen molar-refractivity contribution in [2.45, 2.75) is 37.8 Å². The van der Waals surface area contributed by atoms with Crippen molar-refractivity contribution in [1.29, 1.82) is 0 Å². The molecule has 0 radical (unpaired) electrons. The van der Waals surface area contributed by atoms with Gasteiger partial charge in [-0.3, -0.25) is 0 Å². The normalized spacial score (nSPS) is 27.5. The molecule has 19 heavy (non-hydrogen) atoms. The zero-order valence-corrected chi connectivity index (χ0v) is 12.5. The highest BCUT2D eigenvalue weighted by Gasteiger charge is 2.31. The number of rotatable bonds is 4. The number of ether oxygens (including phenoxy) is 1. The predicted molar refractivity (Wildman–Crippen MR) is 76.5 cm³/mol. The Bertz CT molecular complexity index is 450. The SMILES string of the molecule is Fc1ccc(Br)cc1C1OCCCC1CNC1CC1. The summed E-state index contributed by atoms with van der Waals surface area (Å²) in [6, 6.07) is 5.80. The van der Waals surface area contributed by atoms with Gasteiger partial charge in [-0.2, -0.15) is 0 Å². The second-order valence-corrected chi connectivity index (χ2v) is 6.46. The van der Waals surface area contributed by atoms with E-state index in [1.807, 2.05) is 6.07 Å². The van der Waals surface area contributed by atoms with Crippen LogP contribution in [0.25, 0.3) is 0 Å². The molecule has 2 fully saturated rings. The Labute approximate surface area is 121 Å². The monoisotopic (exact) mass is 327 g/mol. The fourth-order valence-corrected chi connectivity index (χ4v) is 3.11. The summed E-state index contributed by atoms with van der Waals surface area (Å²) in [4.78, 5) is 0. The van der Waals surface area contributed by atoms with E-state index in [1.54, 1.807) is 6.07 Å². The van der Waals surface area contributed by atoms with E-state index in [1.165, 1.54) is 18.9 Å². The Morgan fingerprint density at radius 1 is 1.32 bits per heavy atom. The third-order valence-electron chi connectivity index (χ3n) is 3.96. The molecule has 1 saturated heterocycles. The van der Waals surface area contributed by atoms with Gasteiger partial charge in [0.1, 0.15) is 5.82 Å². The minimum atomic E-state index is -0.161. The first-order valence-electron chi connectivity index (χ1n) is 7.04. The zero-order valence-electron chi connectivity index (χ0n) is 10.9. The lowest BCUT2D eigenvalue weighted by Crippen LogP contribution is -2.33. The van der Waals surface area contributed by atoms with Crippen molar-refractivity contribution in [2.75, 3.05) is 13.2 Å².